The average molecular weight is 373 g/mol. The Hall–Kier alpha value is -1.15. The minimum absolute atomic E-state index is 0.0273. The van der Waals surface area contributed by atoms with Crippen LogP contribution in [0.2, 0.25) is 0 Å². The quantitative estimate of drug-likeness (QED) is 0.757. The van der Waals surface area contributed by atoms with Crippen molar-refractivity contribution in [1.82, 2.24) is 15.5 Å². The lowest BCUT2D eigenvalue weighted by Crippen LogP contribution is -2.49. The smallest absolute Gasteiger partial charge is 0.251 e. The van der Waals surface area contributed by atoms with Gasteiger partial charge in [-0.2, -0.15) is 0 Å². The molecule has 102 valence electrons. The SMILES string of the molecule is O=C(NCC(=O)N1CCNCC1)c1cccc(I)c1. The highest BCUT2D eigenvalue weighted by Gasteiger charge is 2.16. The van der Waals surface area contributed by atoms with Gasteiger partial charge in [-0.3, -0.25) is 9.59 Å². The lowest BCUT2D eigenvalue weighted by atomic mass is 10.2. The van der Waals surface area contributed by atoms with E-state index >= 15 is 0 Å². The first-order valence-electron chi connectivity index (χ1n) is 6.19. The van der Waals surface area contributed by atoms with E-state index < -0.39 is 0 Å². The Balaban J connectivity index is 1.84. The molecule has 2 N–H and O–H groups in total. The highest BCUT2D eigenvalue weighted by Crippen LogP contribution is 2.07. The molecule has 6 heteroatoms. The Morgan fingerprint density at radius 2 is 2.05 bits per heavy atom. The van der Waals surface area contributed by atoms with Gasteiger partial charge in [0.25, 0.3) is 5.91 Å². The van der Waals surface area contributed by atoms with Crippen molar-refractivity contribution in [3.05, 3.63) is 33.4 Å². The second kappa shape index (κ2) is 6.85. The summed E-state index contributed by atoms with van der Waals surface area (Å²) in [6.45, 7) is 3.10. The van der Waals surface area contributed by atoms with Crippen LogP contribution in [0.15, 0.2) is 24.3 Å². The summed E-state index contributed by atoms with van der Waals surface area (Å²) < 4.78 is 0.999. The molecule has 2 amide bonds. The molecule has 1 heterocycles. The van der Waals surface area contributed by atoms with E-state index in [1.807, 2.05) is 12.1 Å². The normalized spacial score (nSPS) is 15.1. The Kier molecular flexibility index (Phi) is 5.15. The van der Waals surface area contributed by atoms with Gasteiger partial charge in [0.1, 0.15) is 0 Å². The number of carbonyl (C=O) groups is 2. The molecule has 5 nitrogen and oxygen atoms in total. The number of hydrogen-bond donors (Lipinski definition) is 2. The Bertz CT molecular complexity index is 473. The first kappa shape index (κ1) is 14.3. The summed E-state index contributed by atoms with van der Waals surface area (Å²) in [6.07, 6.45) is 0. The fourth-order valence-electron chi connectivity index (χ4n) is 1.91. The van der Waals surface area contributed by atoms with Crippen LogP contribution in [0.5, 0.6) is 0 Å². The summed E-state index contributed by atoms with van der Waals surface area (Å²) >= 11 is 2.15. The van der Waals surface area contributed by atoms with E-state index in [0.29, 0.717) is 18.7 Å². The van der Waals surface area contributed by atoms with E-state index in [0.717, 1.165) is 16.7 Å². The monoisotopic (exact) mass is 373 g/mol. The average Bonchev–Trinajstić information content (AvgIpc) is 2.45. The van der Waals surface area contributed by atoms with Crippen LogP contribution < -0.4 is 10.6 Å². The van der Waals surface area contributed by atoms with Crippen molar-refractivity contribution in [2.24, 2.45) is 0 Å². The van der Waals surface area contributed by atoms with Gasteiger partial charge in [-0.05, 0) is 40.8 Å². The van der Waals surface area contributed by atoms with Crippen LogP contribution in [0.3, 0.4) is 0 Å². The third-order valence-corrected chi connectivity index (χ3v) is 3.63. The molecule has 0 unspecified atom stereocenters. The van der Waals surface area contributed by atoms with Crippen LogP contribution in [0.25, 0.3) is 0 Å². The van der Waals surface area contributed by atoms with Gasteiger partial charge in [-0.1, -0.05) is 6.07 Å². The topological polar surface area (TPSA) is 61.4 Å². The number of hydrogen-bond acceptors (Lipinski definition) is 3. The third-order valence-electron chi connectivity index (χ3n) is 2.96. The predicted octanol–water partition coefficient (Wildman–Crippen LogP) is 0.453. The molecule has 19 heavy (non-hydrogen) atoms. The predicted molar refractivity (Wildman–Crippen MR) is 80.9 cm³/mol. The van der Waals surface area contributed by atoms with Crippen molar-refractivity contribution in [1.29, 1.82) is 0 Å². The van der Waals surface area contributed by atoms with Gasteiger partial charge in [0.2, 0.25) is 5.91 Å². The van der Waals surface area contributed by atoms with Crippen molar-refractivity contribution in [2.45, 2.75) is 0 Å². The zero-order valence-corrected chi connectivity index (χ0v) is 12.6. The Morgan fingerprint density at radius 3 is 2.74 bits per heavy atom. The summed E-state index contributed by atoms with van der Waals surface area (Å²) in [7, 11) is 0. The van der Waals surface area contributed by atoms with Gasteiger partial charge in [0, 0.05) is 35.3 Å². The number of nitrogens with zero attached hydrogens (tertiary/aromatic N) is 1. The van der Waals surface area contributed by atoms with Crippen molar-refractivity contribution in [2.75, 3.05) is 32.7 Å². The van der Waals surface area contributed by atoms with Crippen LogP contribution in [-0.2, 0) is 4.79 Å². The molecule has 0 radical (unpaired) electrons. The Labute approximate surface area is 125 Å². The van der Waals surface area contributed by atoms with Crippen LogP contribution in [0.1, 0.15) is 10.4 Å². The summed E-state index contributed by atoms with van der Waals surface area (Å²) in [6, 6.07) is 7.29. The molecule has 2 rings (SSSR count). The summed E-state index contributed by atoms with van der Waals surface area (Å²) in [5.74, 6) is -0.234. The van der Waals surface area contributed by atoms with Crippen molar-refractivity contribution < 1.29 is 9.59 Å². The molecule has 1 aliphatic rings. The van der Waals surface area contributed by atoms with Crippen LogP contribution >= 0.6 is 22.6 Å². The molecule has 0 atom stereocenters. The third kappa shape index (κ3) is 4.17. The fraction of sp³-hybridized carbons (Fsp3) is 0.385. The number of benzene rings is 1. The first-order valence-corrected chi connectivity index (χ1v) is 7.27. The van der Waals surface area contributed by atoms with E-state index in [-0.39, 0.29) is 18.4 Å². The van der Waals surface area contributed by atoms with Crippen LogP contribution in [0, 0.1) is 3.57 Å². The highest BCUT2D eigenvalue weighted by molar-refractivity contribution is 14.1. The van der Waals surface area contributed by atoms with Gasteiger partial charge in [0.05, 0.1) is 6.54 Å². The molecule has 0 bridgehead atoms. The molecule has 0 spiro atoms. The van der Waals surface area contributed by atoms with Gasteiger partial charge in [-0.15, -0.1) is 0 Å². The molecule has 0 aromatic heterocycles. The molecule has 1 aromatic carbocycles. The lowest BCUT2D eigenvalue weighted by molar-refractivity contribution is -0.130. The summed E-state index contributed by atoms with van der Waals surface area (Å²) in [5, 5.41) is 5.85. The van der Waals surface area contributed by atoms with E-state index in [2.05, 4.69) is 33.2 Å². The second-order valence-corrected chi connectivity index (χ2v) is 5.57. The number of rotatable bonds is 3. The van der Waals surface area contributed by atoms with Crippen molar-refractivity contribution in [3.8, 4) is 0 Å². The number of nitrogens with one attached hydrogen (secondary N) is 2. The summed E-state index contributed by atoms with van der Waals surface area (Å²) in [5.41, 5.74) is 0.583. The second-order valence-electron chi connectivity index (χ2n) is 4.32. The van der Waals surface area contributed by atoms with E-state index in [9.17, 15) is 9.59 Å². The molecule has 1 saturated heterocycles. The zero-order chi connectivity index (χ0) is 13.7. The minimum atomic E-state index is -0.206. The van der Waals surface area contributed by atoms with E-state index in [1.165, 1.54) is 0 Å². The van der Waals surface area contributed by atoms with Gasteiger partial charge >= 0.3 is 0 Å². The maximum Gasteiger partial charge on any atom is 0.251 e. The maximum atomic E-state index is 11.9. The molecule has 1 fully saturated rings. The number of piperazine rings is 1. The van der Waals surface area contributed by atoms with Crippen LogP contribution in [-0.4, -0.2) is 49.4 Å². The number of carbonyl (C=O) groups excluding carboxylic acids is 2. The van der Waals surface area contributed by atoms with Crippen molar-refractivity contribution >= 4 is 34.4 Å². The number of halogens is 1. The Morgan fingerprint density at radius 1 is 1.32 bits per heavy atom. The van der Waals surface area contributed by atoms with Gasteiger partial charge in [0.15, 0.2) is 0 Å². The highest BCUT2D eigenvalue weighted by atomic mass is 127. The van der Waals surface area contributed by atoms with Gasteiger partial charge in [-0.25, -0.2) is 0 Å². The fourth-order valence-corrected chi connectivity index (χ4v) is 2.46. The number of amides is 2. The molecular weight excluding hydrogens is 357 g/mol. The molecule has 0 saturated carbocycles. The van der Waals surface area contributed by atoms with E-state index in [4.69, 9.17) is 0 Å². The molecular formula is C13H16IN3O2. The minimum Gasteiger partial charge on any atom is -0.343 e. The lowest BCUT2D eigenvalue weighted by Gasteiger charge is -2.27. The van der Waals surface area contributed by atoms with E-state index in [1.54, 1.807) is 17.0 Å². The largest absolute Gasteiger partial charge is 0.343 e. The molecule has 0 aliphatic carbocycles. The maximum absolute atomic E-state index is 11.9. The standard InChI is InChI=1S/C13H16IN3O2/c14-11-3-1-2-10(8-11)13(19)16-9-12(18)17-6-4-15-5-7-17/h1-3,8,15H,4-7,9H2,(H,16,19). The van der Waals surface area contributed by atoms with Crippen molar-refractivity contribution in [3.63, 3.8) is 0 Å². The van der Waals surface area contributed by atoms with Gasteiger partial charge < -0.3 is 15.5 Å². The zero-order valence-electron chi connectivity index (χ0n) is 10.5. The summed E-state index contributed by atoms with van der Waals surface area (Å²) in [4.78, 5) is 25.5. The van der Waals surface area contributed by atoms with Crippen LogP contribution in [0.4, 0.5) is 0 Å². The molecule has 1 aliphatic heterocycles. The first-order chi connectivity index (χ1) is 9.16. The molecule has 1 aromatic rings.